The highest BCUT2D eigenvalue weighted by Crippen LogP contribution is 2.36. The Labute approximate surface area is 81.6 Å². The van der Waals surface area contributed by atoms with E-state index < -0.39 is 11.9 Å². The molecule has 1 heterocycles. The molecule has 0 aromatic heterocycles. The lowest BCUT2D eigenvalue weighted by molar-refractivity contribution is -0.161. The van der Waals surface area contributed by atoms with E-state index in [1.165, 1.54) is 4.90 Å². The van der Waals surface area contributed by atoms with Crippen molar-refractivity contribution in [2.45, 2.75) is 18.9 Å². The summed E-state index contributed by atoms with van der Waals surface area (Å²) in [6, 6.07) is -0.00708. The van der Waals surface area contributed by atoms with Gasteiger partial charge in [-0.1, -0.05) is 0 Å². The van der Waals surface area contributed by atoms with Crippen LogP contribution in [-0.2, 0) is 14.3 Å². The number of carboxylic acid groups (broad SMARTS) is 1. The summed E-state index contributed by atoms with van der Waals surface area (Å²) >= 11 is 0. The van der Waals surface area contributed by atoms with E-state index in [1.54, 1.807) is 0 Å². The average molecular weight is 199 g/mol. The zero-order valence-electron chi connectivity index (χ0n) is 7.81. The fourth-order valence-corrected chi connectivity index (χ4v) is 1.87. The van der Waals surface area contributed by atoms with Crippen molar-refractivity contribution in [2.75, 3.05) is 19.8 Å². The molecule has 2 aliphatic rings. The number of morpholine rings is 1. The number of rotatable bonds is 1. The van der Waals surface area contributed by atoms with Crippen molar-refractivity contribution in [3.05, 3.63) is 0 Å². The fourth-order valence-electron chi connectivity index (χ4n) is 1.87. The molecule has 1 amide bonds. The Balaban J connectivity index is 2.05. The number of amides is 1. The summed E-state index contributed by atoms with van der Waals surface area (Å²) in [6.07, 6.45) is 2.16. The molecule has 1 unspecified atom stereocenters. The van der Waals surface area contributed by atoms with Gasteiger partial charge in [-0.3, -0.25) is 4.79 Å². The highest BCUT2D eigenvalue weighted by atomic mass is 16.5. The Bertz CT molecular complexity index is 262. The van der Waals surface area contributed by atoms with E-state index in [0.717, 1.165) is 12.8 Å². The summed E-state index contributed by atoms with van der Waals surface area (Å²) in [5, 5.41) is 8.62. The third-order valence-corrected chi connectivity index (χ3v) is 2.78. The van der Waals surface area contributed by atoms with Crippen LogP contribution in [-0.4, -0.2) is 47.7 Å². The zero-order chi connectivity index (χ0) is 10.1. The SMILES string of the molecule is O=C(O)C(=O)N1CCOCC1C1CC1. The molecule has 1 atom stereocenters. The second kappa shape index (κ2) is 3.57. The first-order valence-corrected chi connectivity index (χ1v) is 4.82. The summed E-state index contributed by atoms with van der Waals surface area (Å²) in [5.41, 5.74) is 0. The normalized spacial score (nSPS) is 27.4. The minimum Gasteiger partial charge on any atom is -0.474 e. The van der Waals surface area contributed by atoms with Crippen molar-refractivity contribution in [3.63, 3.8) is 0 Å². The summed E-state index contributed by atoms with van der Waals surface area (Å²) in [7, 11) is 0. The second-order valence-corrected chi connectivity index (χ2v) is 3.78. The Morgan fingerprint density at radius 3 is 2.64 bits per heavy atom. The molecule has 0 radical (unpaired) electrons. The molecular formula is C9H13NO4. The topological polar surface area (TPSA) is 66.8 Å². The van der Waals surface area contributed by atoms with Crippen molar-refractivity contribution >= 4 is 11.9 Å². The van der Waals surface area contributed by atoms with Gasteiger partial charge in [0, 0.05) is 6.54 Å². The van der Waals surface area contributed by atoms with Crippen LogP contribution in [0.1, 0.15) is 12.8 Å². The number of ether oxygens (including phenoxy) is 1. The summed E-state index contributed by atoms with van der Waals surface area (Å²) in [4.78, 5) is 23.3. The van der Waals surface area contributed by atoms with Gasteiger partial charge in [0.1, 0.15) is 0 Å². The molecule has 1 aliphatic carbocycles. The Morgan fingerprint density at radius 2 is 2.07 bits per heavy atom. The highest BCUT2D eigenvalue weighted by molar-refractivity contribution is 6.31. The maximum Gasteiger partial charge on any atom is 0.394 e. The summed E-state index contributed by atoms with van der Waals surface area (Å²) in [5.74, 6) is -1.69. The first-order chi connectivity index (χ1) is 6.70. The molecule has 2 rings (SSSR count). The first-order valence-electron chi connectivity index (χ1n) is 4.82. The highest BCUT2D eigenvalue weighted by Gasteiger charge is 2.40. The number of hydrogen-bond donors (Lipinski definition) is 1. The van der Waals surface area contributed by atoms with Gasteiger partial charge in [0.25, 0.3) is 0 Å². The molecule has 0 aromatic carbocycles. The Kier molecular flexibility index (Phi) is 2.41. The minimum absolute atomic E-state index is 0.00708. The number of hydrogen-bond acceptors (Lipinski definition) is 3. The standard InChI is InChI=1S/C9H13NO4/c11-8(9(12)13)10-3-4-14-5-7(10)6-1-2-6/h6-7H,1-5H2,(H,12,13). The predicted octanol–water partition coefficient (Wildman–Crippen LogP) is -0.292. The lowest BCUT2D eigenvalue weighted by atomic mass is 10.1. The third kappa shape index (κ3) is 1.72. The van der Waals surface area contributed by atoms with Crippen LogP contribution in [0.3, 0.4) is 0 Å². The van der Waals surface area contributed by atoms with Crippen LogP contribution >= 0.6 is 0 Å². The Hall–Kier alpha value is -1.10. The zero-order valence-corrected chi connectivity index (χ0v) is 7.81. The van der Waals surface area contributed by atoms with Crippen LogP contribution < -0.4 is 0 Å². The van der Waals surface area contributed by atoms with Gasteiger partial charge in [-0.05, 0) is 18.8 Å². The lowest BCUT2D eigenvalue weighted by Crippen LogP contribution is -2.52. The quantitative estimate of drug-likeness (QED) is 0.589. The summed E-state index contributed by atoms with van der Waals surface area (Å²) < 4.78 is 5.26. The first kappa shape index (κ1) is 9.45. The van der Waals surface area contributed by atoms with Gasteiger partial charge in [-0.15, -0.1) is 0 Å². The van der Waals surface area contributed by atoms with Crippen LogP contribution in [0, 0.1) is 5.92 Å². The van der Waals surface area contributed by atoms with Crippen LogP contribution in [0.4, 0.5) is 0 Å². The number of nitrogens with zero attached hydrogens (tertiary/aromatic N) is 1. The molecule has 1 saturated heterocycles. The second-order valence-electron chi connectivity index (χ2n) is 3.78. The molecule has 5 nitrogen and oxygen atoms in total. The van der Waals surface area contributed by atoms with Crippen molar-refractivity contribution in [2.24, 2.45) is 5.92 Å². The van der Waals surface area contributed by atoms with Crippen molar-refractivity contribution in [1.29, 1.82) is 0 Å². The molecule has 14 heavy (non-hydrogen) atoms. The fraction of sp³-hybridized carbons (Fsp3) is 0.778. The summed E-state index contributed by atoms with van der Waals surface area (Å²) in [6.45, 7) is 1.35. The van der Waals surface area contributed by atoms with E-state index in [1.807, 2.05) is 0 Å². The number of carbonyl (C=O) groups is 2. The third-order valence-electron chi connectivity index (χ3n) is 2.78. The molecule has 0 spiro atoms. The monoisotopic (exact) mass is 199 g/mol. The van der Waals surface area contributed by atoms with Crippen LogP contribution in [0.25, 0.3) is 0 Å². The van der Waals surface area contributed by atoms with E-state index in [4.69, 9.17) is 9.84 Å². The maximum atomic E-state index is 11.3. The molecule has 0 bridgehead atoms. The number of aliphatic carboxylic acids is 1. The van der Waals surface area contributed by atoms with E-state index in [9.17, 15) is 9.59 Å². The number of carboxylic acids is 1. The molecule has 78 valence electrons. The van der Waals surface area contributed by atoms with E-state index in [-0.39, 0.29) is 6.04 Å². The van der Waals surface area contributed by atoms with Gasteiger partial charge in [0.05, 0.1) is 19.3 Å². The molecular weight excluding hydrogens is 186 g/mol. The van der Waals surface area contributed by atoms with Crippen LogP contribution in [0.15, 0.2) is 0 Å². The van der Waals surface area contributed by atoms with Crippen molar-refractivity contribution in [3.8, 4) is 0 Å². The van der Waals surface area contributed by atoms with Gasteiger partial charge in [0.2, 0.25) is 0 Å². The van der Waals surface area contributed by atoms with E-state index in [0.29, 0.717) is 25.7 Å². The van der Waals surface area contributed by atoms with Gasteiger partial charge in [-0.25, -0.2) is 4.79 Å². The molecule has 5 heteroatoms. The van der Waals surface area contributed by atoms with E-state index >= 15 is 0 Å². The molecule has 1 aliphatic heterocycles. The van der Waals surface area contributed by atoms with Gasteiger partial charge < -0.3 is 14.7 Å². The van der Waals surface area contributed by atoms with Crippen molar-refractivity contribution in [1.82, 2.24) is 4.90 Å². The average Bonchev–Trinajstić information content (AvgIpc) is 3.00. The maximum absolute atomic E-state index is 11.3. The molecule has 0 aromatic rings. The van der Waals surface area contributed by atoms with Gasteiger partial charge in [0.15, 0.2) is 0 Å². The van der Waals surface area contributed by atoms with Gasteiger partial charge in [-0.2, -0.15) is 0 Å². The smallest absolute Gasteiger partial charge is 0.394 e. The van der Waals surface area contributed by atoms with E-state index in [2.05, 4.69) is 0 Å². The largest absolute Gasteiger partial charge is 0.474 e. The van der Waals surface area contributed by atoms with Crippen LogP contribution in [0.2, 0.25) is 0 Å². The van der Waals surface area contributed by atoms with Gasteiger partial charge >= 0.3 is 11.9 Å². The Morgan fingerprint density at radius 1 is 1.36 bits per heavy atom. The minimum atomic E-state index is -1.36. The van der Waals surface area contributed by atoms with Crippen molar-refractivity contribution < 1.29 is 19.4 Å². The number of carbonyl (C=O) groups excluding carboxylic acids is 1. The molecule has 1 N–H and O–H groups in total. The predicted molar refractivity (Wildman–Crippen MR) is 46.7 cm³/mol. The molecule has 1 saturated carbocycles. The lowest BCUT2D eigenvalue weighted by Gasteiger charge is -2.34. The molecule has 2 fully saturated rings. The van der Waals surface area contributed by atoms with Crippen LogP contribution in [0.5, 0.6) is 0 Å².